The van der Waals surface area contributed by atoms with E-state index in [2.05, 4.69) is 12.2 Å². The molecule has 0 bridgehead atoms. The second kappa shape index (κ2) is 11.3. The minimum Gasteiger partial charge on any atom is -0.494 e. The van der Waals surface area contributed by atoms with Crippen LogP contribution in [0.2, 0.25) is 0 Å². The van der Waals surface area contributed by atoms with Gasteiger partial charge in [0, 0.05) is 17.5 Å². The molecule has 0 spiro atoms. The SMILES string of the molecule is CCCCOc1ccc(C(C)NC(=O)c2ccc3c(c2)N(C)C(=O)C(=Cc2ccccc2)S3)cc1. The first-order valence-electron chi connectivity index (χ1n) is 11.9. The first-order valence-corrected chi connectivity index (χ1v) is 12.7. The first kappa shape index (κ1) is 24.6. The highest BCUT2D eigenvalue weighted by Crippen LogP contribution is 2.42. The monoisotopic (exact) mass is 486 g/mol. The number of carbonyl (C=O) groups is 2. The summed E-state index contributed by atoms with van der Waals surface area (Å²) in [6.07, 6.45) is 4.02. The number of fused-ring (bicyclic) bond motifs is 1. The summed E-state index contributed by atoms with van der Waals surface area (Å²) in [5.74, 6) is 0.569. The number of benzene rings is 3. The van der Waals surface area contributed by atoms with Crippen LogP contribution < -0.4 is 15.0 Å². The standard InChI is InChI=1S/C29H30N2O3S/c1-4-5-17-34-24-14-11-22(12-15-24)20(2)30-28(32)23-13-16-26-25(19-23)31(3)29(33)27(35-26)18-21-9-7-6-8-10-21/h6-16,18-20H,4-5,17H2,1-3H3,(H,30,32). The summed E-state index contributed by atoms with van der Waals surface area (Å²) in [5, 5.41) is 3.06. The zero-order valence-corrected chi connectivity index (χ0v) is 21.1. The fourth-order valence-electron chi connectivity index (χ4n) is 3.79. The number of likely N-dealkylation sites (N-methyl/N-ethyl adjacent to an activating group) is 1. The summed E-state index contributed by atoms with van der Waals surface area (Å²) in [5.41, 5.74) is 3.23. The third-order valence-electron chi connectivity index (χ3n) is 5.91. The molecular formula is C29H30N2O3S. The quantitative estimate of drug-likeness (QED) is 0.293. The average molecular weight is 487 g/mol. The van der Waals surface area contributed by atoms with Gasteiger partial charge in [-0.1, -0.05) is 67.6 Å². The molecule has 0 aromatic heterocycles. The number of hydrogen-bond acceptors (Lipinski definition) is 4. The van der Waals surface area contributed by atoms with Crippen molar-refractivity contribution in [2.45, 2.75) is 37.6 Å². The van der Waals surface area contributed by atoms with Gasteiger partial charge < -0.3 is 15.0 Å². The lowest BCUT2D eigenvalue weighted by Gasteiger charge is -2.27. The van der Waals surface area contributed by atoms with Gasteiger partial charge in [-0.25, -0.2) is 0 Å². The van der Waals surface area contributed by atoms with Crippen molar-refractivity contribution in [2.24, 2.45) is 0 Å². The van der Waals surface area contributed by atoms with Gasteiger partial charge in [0.1, 0.15) is 5.75 Å². The number of unbranched alkanes of at least 4 members (excludes halogenated alkanes) is 1. The molecule has 0 fully saturated rings. The minimum atomic E-state index is -0.181. The lowest BCUT2D eigenvalue weighted by atomic mass is 10.1. The number of anilines is 1. The zero-order chi connectivity index (χ0) is 24.8. The smallest absolute Gasteiger partial charge is 0.264 e. The third kappa shape index (κ3) is 5.95. The summed E-state index contributed by atoms with van der Waals surface area (Å²) in [6, 6.07) is 22.9. The van der Waals surface area contributed by atoms with Crippen LogP contribution in [-0.2, 0) is 4.79 Å². The Balaban J connectivity index is 1.45. The molecule has 3 aromatic carbocycles. The maximum absolute atomic E-state index is 13.0. The molecule has 1 atom stereocenters. The second-order valence-corrected chi connectivity index (χ2v) is 9.62. The van der Waals surface area contributed by atoms with Crippen molar-refractivity contribution < 1.29 is 14.3 Å². The van der Waals surface area contributed by atoms with E-state index in [1.807, 2.05) is 79.7 Å². The molecule has 1 heterocycles. The molecule has 1 unspecified atom stereocenters. The van der Waals surface area contributed by atoms with E-state index >= 15 is 0 Å². The summed E-state index contributed by atoms with van der Waals surface area (Å²) in [6.45, 7) is 4.79. The van der Waals surface area contributed by atoms with Crippen LogP contribution >= 0.6 is 11.8 Å². The van der Waals surface area contributed by atoms with Crippen LogP contribution in [0.4, 0.5) is 5.69 Å². The molecule has 1 aliphatic heterocycles. The van der Waals surface area contributed by atoms with Gasteiger partial charge in [-0.2, -0.15) is 0 Å². The molecule has 2 amide bonds. The van der Waals surface area contributed by atoms with Crippen LogP contribution in [-0.4, -0.2) is 25.5 Å². The maximum atomic E-state index is 13.0. The van der Waals surface area contributed by atoms with E-state index in [1.54, 1.807) is 18.0 Å². The van der Waals surface area contributed by atoms with E-state index < -0.39 is 0 Å². The first-order chi connectivity index (χ1) is 17.0. The Morgan fingerprint density at radius 1 is 1.09 bits per heavy atom. The largest absolute Gasteiger partial charge is 0.494 e. The van der Waals surface area contributed by atoms with Crippen molar-refractivity contribution >= 4 is 35.3 Å². The van der Waals surface area contributed by atoms with Gasteiger partial charge in [-0.15, -0.1) is 0 Å². The van der Waals surface area contributed by atoms with E-state index in [0.717, 1.165) is 40.3 Å². The Morgan fingerprint density at radius 3 is 2.54 bits per heavy atom. The molecule has 0 saturated carbocycles. The Kier molecular flexibility index (Phi) is 7.93. The highest BCUT2D eigenvalue weighted by molar-refractivity contribution is 8.04. The van der Waals surface area contributed by atoms with Crippen LogP contribution in [0.1, 0.15) is 54.2 Å². The predicted molar refractivity (Wildman–Crippen MR) is 143 cm³/mol. The van der Waals surface area contributed by atoms with Crippen molar-refractivity contribution in [3.63, 3.8) is 0 Å². The molecule has 1 aliphatic rings. The average Bonchev–Trinajstić information content (AvgIpc) is 2.88. The van der Waals surface area contributed by atoms with Gasteiger partial charge in [0.2, 0.25) is 0 Å². The van der Waals surface area contributed by atoms with Gasteiger partial charge in [0.05, 0.1) is 23.2 Å². The number of ether oxygens (including phenoxy) is 1. The van der Waals surface area contributed by atoms with Crippen molar-refractivity contribution in [3.8, 4) is 5.75 Å². The van der Waals surface area contributed by atoms with Crippen molar-refractivity contribution in [3.05, 3.63) is 94.4 Å². The van der Waals surface area contributed by atoms with E-state index in [0.29, 0.717) is 17.1 Å². The lowest BCUT2D eigenvalue weighted by Crippen LogP contribution is -2.31. The van der Waals surface area contributed by atoms with Gasteiger partial charge in [0.15, 0.2) is 0 Å². The van der Waals surface area contributed by atoms with Crippen LogP contribution in [0.5, 0.6) is 5.75 Å². The van der Waals surface area contributed by atoms with E-state index in [1.165, 1.54) is 11.8 Å². The summed E-state index contributed by atoms with van der Waals surface area (Å²) in [4.78, 5) is 29.2. The fourth-order valence-corrected chi connectivity index (χ4v) is 4.88. The molecule has 3 aromatic rings. The molecule has 0 radical (unpaired) electrons. The molecular weight excluding hydrogens is 456 g/mol. The molecule has 0 aliphatic carbocycles. The Hall–Kier alpha value is -3.51. The van der Waals surface area contributed by atoms with Gasteiger partial charge >= 0.3 is 0 Å². The summed E-state index contributed by atoms with van der Waals surface area (Å²) < 4.78 is 5.72. The van der Waals surface area contributed by atoms with Gasteiger partial charge in [-0.05, 0) is 60.9 Å². The number of carbonyl (C=O) groups excluding carboxylic acids is 2. The zero-order valence-electron chi connectivity index (χ0n) is 20.3. The molecule has 35 heavy (non-hydrogen) atoms. The number of nitrogens with one attached hydrogen (secondary N) is 1. The van der Waals surface area contributed by atoms with Crippen LogP contribution in [0.15, 0.2) is 82.6 Å². The molecule has 6 heteroatoms. The van der Waals surface area contributed by atoms with Crippen molar-refractivity contribution in [2.75, 3.05) is 18.6 Å². The van der Waals surface area contributed by atoms with Gasteiger partial charge in [-0.3, -0.25) is 9.59 Å². The Morgan fingerprint density at radius 2 is 1.83 bits per heavy atom. The number of amides is 2. The molecule has 1 N–H and O–H groups in total. The normalized spacial score (nSPS) is 15.0. The van der Waals surface area contributed by atoms with Crippen LogP contribution in [0.25, 0.3) is 6.08 Å². The van der Waals surface area contributed by atoms with E-state index in [4.69, 9.17) is 4.74 Å². The topological polar surface area (TPSA) is 58.6 Å². The number of hydrogen-bond donors (Lipinski definition) is 1. The van der Waals surface area contributed by atoms with Gasteiger partial charge in [0.25, 0.3) is 11.8 Å². The van der Waals surface area contributed by atoms with E-state index in [-0.39, 0.29) is 17.9 Å². The fraction of sp³-hybridized carbons (Fsp3) is 0.241. The summed E-state index contributed by atoms with van der Waals surface area (Å²) >= 11 is 1.43. The highest BCUT2D eigenvalue weighted by Gasteiger charge is 2.27. The molecule has 180 valence electrons. The lowest BCUT2D eigenvalue weighted by molar-refractivity contribution is -0.114. The van der Waals surface area contributed by atoms with Crippen LogP contribution in [0, 0.1) is 0 Å². The van der Waals surface area contributed by atoms with Crippen molar-refractivity contribution in [1.82, 2.24) is 5.32 Å². The number of rotatable bonds is 8. The number of nitrogens with zero attached hydrogens (tertiary/aromatic N) is 1. The molecule has 4 rings (SSSR count). The minimum absolute atomic E-state index is 0.0847. The van der Waals surface area contributed by atoms with E-state index in [9.17, 15) is 9.59 Å². The predicted octanol–water partition coefficient (Wildman–Crippen LogP) is 6.47. The molecule has 0 saturated heterocycles. The van der Waals surface area contributed by atoms with Crippen LogP contribution in [0.3, 0.4) is 0 Å². The Labute approximate surface area is 211 Å². The summed E-state index contributed by atoms with van der Waals surface area (Å²) in [7, 11) is 1.74. The van der Waals surface area contributed by atoms with Crippen molar-refractivity contribution in [1.29, 1.82) is 0 Å². The Bertz CT molecular complexity index is 1220. The second-order valence-electron chi connectivity index (χ2n) is 8.53. The highest BCUT2D eigenvalue weighted by atomic mass is 32.2. The maximum Gasteiger partial charge on any atom is 0.264 e. The number of thioether (sulfide) groups is 1. The third-order valence-corrected chi connectivity index (χ3v) is 6.99. The molecule has 5 nitrogen and oxygen atoms in total.